The van der Waals surface area contributed by atoms with Gasteiger partial charge in [0.1, 0.15) is 5.82 Å². The van der Waals surface area contributed by atoms with Gasteiger partial charge < -0.3 is 5.32 Å². The van der Waals surface area contributed by atoms with Gasteiger partial charge in [-0.25, -0.2) is 9.97 Å². The number of para-hydroxylation sites is 1. The third-order valence-corrected chi connectivity index (χ3v) is 5.11. The highest BCUT2D eigenvalue weighted by Gasteiger charge is 2.14. The fourth-order valence-corrected chi connectivity index (χ4v) is 3.82. The molecule has 0 amide bonds. The first-order valence-corrected chi connectivity index (χ1v) is 9.05. The summed E-state index contributed by atoms with van der Waals surface area (Å²) in [5.74, 6) is 1.83. The molecule has 0 radical (unpaired) electrons. The molecule has 0 bridgehead atoms. The first kappa shape index (κ1) is 14.6. The molecule has 1 N–H and O–H groups in total. The lowest BCUT2D eigenvalue weighted by molar-refractivity contribution is 0.216. The summed E-state index contributed by atoms with van der Waals surface area (Å²) in [7, 11) is 0. The van der Waals surface area contributed by atoms with E-state index in [4.69, 9.17) is 9.97 Å². The van der Waals surface area contributed by atoms with Crippen molar-refractivity contribution in [3.05, 3.63) is 47.6 Å². The van der Waals surface area contributed by atoms with E-state index in [0.29, 0.717) is 0 Å². The first-order chi connectivity index (χ1) is 11.4. The maximum absolute atomic E-state index is 4.81. The SMILES string of the molecule is c1ccc(Nc2nc(CN3CCCCC3)nc3ccsc23)cc1. The van der Waals surface area contributed by atoms with Gasteiger partial charge in [0.15, 0.2) is 5.82 Å². The fraction of sp³-hybridized carbons (Fsp3) is 0.333. The summed E-state index contributed by atoms with van der Waals surface area (Å²) >= 11 is 1.69. The van der Waals surface area contributed by atoms with Crippen LogP contribution in [-0.4, -0.2) is 28.0 Å². The van der Waals surface area contributed by atoms with Gasteiger partial charge in [-0.15, -0.1) is 11.3 Å². The van der Waals surface area contributed by atoms with Crippen molar-refractivity contribution in [3.63, 3.8) is 0 Å². The Labute approximate surface area is 140 Å². The van der Waals surface area contributed by atoms with Gasteiger partial charge in [0.25, 0.3) is 0 Å². The molecular formula is C18H20N4S. The van der Waals surface area contributed by atoms with Crippen LogP contribution in [0.1, 0.15) is 25.1 Å². The number of hydrogen-bond donors (Lipinski definition) is 1. The predicted octanol–water partition coefficient (Wildman–Crippen LogP) is 4.42. The van der Waals surface area contributed by atoms with Crippen LogP contribution in [0.3, 0.4) is 0 Å². The highest BCUT2D eigenvalue weighted by atomic mass is 32.1. The van der Waals surface area contributed by atoms with Crippen molar-refractivity contribution in [3.8, 4) is 0 Å². The minimum atomic E-state index is 0.843. The average Bonchev–Trinajstić information content (AvgIpc) is 3.05. The van der Waals surface area contributed by atoms with E-state index in [1.54, 1.807) is 11.3 Å². The molecule has 0 aliphatic carbocycles. The summed E-state index contributed by atoms with van der Waals surface area (Å²) in [5, 5.41) is 5.53. The lowest BCUT2D eigenvalue weighted by Gasteiger charge is -2.25. The molecule has 4 nitrogen and oxygen atoms in total. The van der Waals surface area contributed by atoms with Crippen molar-refractivity contribution in [2.75, 3.05) is 18.4 Å². The van der Waals surface area contributed by atoms with Gasteiger partial charge in [-0.2, -0.15) is 0 Å². The Morgan fingerprint density at radius 1 is 1.00 bits per heavy atom. The number of hydrogen-bond acceptors (Lipinski definition) is 5. The summed E-state index contributed by atoms with van der Waals surface area (Å²) in [6, 6.07) is 12.3. The molecule has 1 fully saturated rings. The van der Waals surface area contributed by atoms with Gasteiger partial charge in [0, 0.05) is 5.69 Å². The van der Waals surface area contributed by atoms with Crippen LogP contribution in [0.4, 0.5) is 11.5 Å². The van der Waals surface area contributed by atoms with Crippen molar-refractivity contribution in [1.82, 2.24) is 14.9 Å². The van der Waals surface area contributed by atoms with Crippen LogP contribution in [0.25, 0.3) is 10.2 Å². The summed E-state index contributed by atoms with van der Waals surface area (Å²) in [6.45, 7) is 3.16. The van der Waals surface area contributed by atoms with Crippen LogP contribution in [-0.2, 0) is 6.54 Å². The molecule has 0 atom stereocenters. The summed E-state index contributed by atoms with van der Waals surface area (Å²) < 4.78 is 1.12. The second-order valence-electron chi connectivity index (χ2n) is 5.95. The molecule has 1 aliphatic rings. The number of fused-ring (bicyclic) bond motifs is 1. The molecule has 0 spiro atoms. The summed E-state index contributed by atoms with van der Waals surface area (Å²) in [5.41, 5.74) is 2.10. The standard InChI is InChI=1S/C18H20N4S/c1-3-7-14(8-4-1)19-18-17-15(9-12-23-17)20-16(21-18)13-22-10-5-2-6-11-22/h1,3-4,7-9,12H,2,5-6,10-11,13H2,(H,19,20,21). The first-order valence-electron chi connectivity index (χ1n) is 8.17. The van der Waals surface area contributed by atoms with Crippen LogP contribution in [0.15, 0.2) is 41.8 Å². The average molecular weight is 324 g/mol. The minimum Gasteiger partial charge on any atom is -0.339 e. The lowest BCUT2D eigenvalue weighted by Crippen LogP contribution is -2.29. The number of aromatic nitrogens is 2. The zero-order valence-electron chi connectivity index (χ0n) is 13.0. The van der Waals surface area contributed by atoms with Gasteiger partial charge in [-0.05, 0) is 49.5 Å². The number of benzene rings is 1. The molecule has 3 aromatic rings. The van der Waals surface area contributed by atoms with E-state index in [2.05, 4.69) is 33.8 Å². The minimum absolute atomic E-state index is 0.843. The van der Waals surface area contributed by atoms with Gasteiger partial charge in [-0.3, -0.25) is 4.90 Å². The quantitative estimate of drug-likeness (QED) is 0.771. The van der Waals surface area contributed by atoms with E-state index in [9.17, 15) is 0 Å². The van der Waals surface area contributed by atoms with Crippen LogP contribution < -0.4 is 5.32 Å². The number of nitrogens with one attached hydrogen (secondary N) is 1. The van der Waals surface area contributed by atoms with Gasteiger partial charge in [0.05, 0.1) is 16.8 Å². The van der Waals surface area contributed by atoms with Gasteiger partial charge >= 0.3 is 0 Å². The molecule has 0 unspecified atom stereocenters. The summed E-state index contributed by atoms with van der Waals surface area (Å²) in [6.07, 6.45) is 3.92. The Balaban J connectivity index is 1.64. The number of nitrogens with zero attached hydrogens (tertiary/aromatic N) is 3. The molecule has 5 heteroatoms. The van der Waals surface area contributed by atoms with Crippen molar-refractivity contribution in [1.29, 1.82) is 0 Å². The molecule has 23 heavy (non-hydrogen) atoms. The van der Waals surface area contributed by atoms with Crippen molar-refractivity contribution >= 4 is 33.1 Å². The number of thiophene rings is 1. The van der Waals surface area contributed by atoms with E-state index < -0.39 is 0 Å². The van der Waals surface area contributed by atoms with Crippen LogP contribution in [0.5, 0.6) is 0 Å². The Kier molecular flexibility index (Phi) is 4.22. The van der Waals surface area contributed by atoms with Crippen LogP contribution in [0.2, 0.25) is 0 Å². The highest BCUT2D eigenvalue weighted by Crippen LogP contribution is 2.28. The fourth-order valence-electron chi connectivity index (χ4n) is 3.04. The third-order valence-electron chi connectivity index (χ3n) is 4.20. The summed E-state index contributed by atoms with van der Waals surface area (Å²) in [4.78, 5) is 12.0. The number of likely N-dealkylation sites (tertiary alicyclic amines) is 1. The molecule has 1 aromatic carbocycles. The van der Waals surface area contributed by atoms with E-state index in [0.717, 1.165) is 47.2 Å². The van der Waals surface area contributed by atoms with E-state index >= 15 is 0 Å². The zero-order valence-corrected chi connectivity index (χ0v) is 13.9. The Bertz CT molecular complexity index is 778. The molecule has 2 aromatic heterocycles. The van der Waals surface area contributed by atoms with Crippen molar-refractivity contribution in [2.45, 2.75) is 25.8 Å². The maximum Gasteiger partial charge on any atom is 0.152 e. The normalized spacial score (nSPS) is 15.8. The van der Waals surface area contributed by atoms with Gasteiger partial charge in [-0.1, -0.05) is 24.6 Å². The number of piperidine rings is 1. The topological polar surface area (TPSA) is 41.1 Å². The molecular weight excluding hydrogens is 304 g/mol. The Hall–Kier alpha value is -1.98. The van der Waals surface area contributed by atoms with Gasteiger partial charge in [0.2, 0.25) is 0 Å². The van der Waals surface area contributed by atoms with Crippen LogP contribution >= 0.6 is 11.3 Å². The Morgan fingerprint density at radius 3 is 2.65 bits per heavy atom. The molecule has 1 saturated heterocycles. The van der Waals surface area contributed by atoms with Crippen molar-refractivity contribution < 1.29 is 0 Å². The number of rotatable bonds is 4. The van der Waals surface area contributed by atoms with Crippen LogP contribution in [0, 0.1) is 0 Å². The molecule has 118 valence electrons. The monoisotopic (exact) mass is 324 g/mol. The predicted molar refractivity (Wildman–Crippen MR) is 96.3 cm³/mol. The van der Waals surface area contributed by atoms with E-state index in [-0.39, 0.29) is 0 Å². The van der Waals surface area contributed by atoms with E-state index in [1.165, 1.54) is 19.3 Å². The zero-order chi connectivity index (χ0) is 15.5. The van der Waals surface area contributed by atoms with E-state index in [1.807, 2.05) is 18.2 Å². The number of anilines is 2. The lowest BCUT2D eigenvalue weighted by atomic mass is 10.1. The molecule has 0 saturated carbocycles. The largest absolute Gasteiger partial charge is 0.339 e. The second-order valence-corrected chi connectivity index (χ2v) is 6.87. The molecule has 4 rings (SSSR count). The molecule has 1 aliphatic heterocycles. The smallest absolute Gasteiger partial charge is 0.152 e. The highest BCUT2D eigenvalue weighted by molar-refractivity contribution is 7.17. The Morgan fingerprint density at radius 2 is 1.83 bits per heavy atom. The second kappa shape index (κ2) is 6.64. The maximum atomic E-state index is 4.81. The van der Waals surface area contributed by atoms with Crippen molar-refractivity contribution in [2.24, 2.45) is 0 Å². The molecule has 3 heterocycles. The third kappa shape index (κ3) is 3.35.